The van der Waals surface area contributed by atoms with Crippen molar-refractivity contribution in [2.24, 2.45) is 0 Å². The maximum atomic E-state index is 9.17. The standard InChI is InChI=1S/C11H23NO2/c1-9(8-10(2)13)12-6-5-11-4-3-7-14-11/h9-13H,3-8H2,1-2H3. The van der Waals surface area contributed by atoms with Gasteiger partial charge in [-0.1, -0.05) is 0 Å². The Morgan fingerprint density at radius 3 is 2.86 bits per heavy atom. The van der Waals surface area contributed by atoms with Crippen LogP contribution in [0.15, 0.2) is 0 Å². The highest BCUT2D eigenvalue weighted by Crippen LogP contribution is 2.14. The summed E-state index contributed by atoms with van der Waals surface area (Å²) in [6.45, 7) is 5.88. The van der Waals surface area contributed by atoms with E-state index in [1.54, 1.807) is 0 Å². The summed E-state index contributed by atoms with van der Waals surface area (Å²) in [7, 11) is 0. The molecule has 0 radical (unpaired) electrons. The number of nitrogens with one attached hydrogen (secondary N) is 1. The number of hydrogen-bond donors (Lipinski definition) is 2. The molecule has 1 aliphatic rings. The Kier molecular flexibility index (Phi) is 5.45. The summed E-state index contributed by atoms with van der Waals surface area (Å²) in [5, 5.41) is 12.6. The van der Waals surface area contributed by atoms with E-state index >= 15 is 0 Å². The van der Waals surface area contributed by atoms with Crippen molar-refractivity contribution in [3.63, 3.8) is 0 Å². The van der Waals surface area contributed by atoms with E-state index in [2.05, 4.69) is 12.2 Å². The number of rotatable bonds is 6. The molecule has 3 unspecified atom stereocenters. The van der Waals surface area contributed by atoms with Crippen LogP contribution in [0.25, 0.3) is 0 Å². The second-order valence-electron chi connectivity index (χ2n) is 4.36. The van der Waals surface area contributed by atoms with Crippen LogP contribution in [0.1, 0.15) is 39.5 Å². The molecule has 3 atom stereocenters. The molecule has 1 fully saturated rings. The van der Waals surface area contributed by atoms with Gasteiger partial charge in [0.2, 0.25) is 0 Å². The van der Waals surface area contributed by atoms with Crippen molar-refractivity contribution in [1.82, 2.24) is 5.32 Å². The third-order valence-electron chi connectivity index (χ3n) is 2.68. The molecule has 0 spiro atoms. The lowest BCUT2D eigenvalue weighted by Crippen LogP contribution is -2.31. The molecule has 2 N–H and O–H groups in total. The van der Waals surface area contributed by atoms with E-state index in [4.69, 9.17) is 9.84 Å². The second kappa shape index (κ2) is 6.38. The zero-order valence-electron chi connectivity index (χ0n) is 9.33. The first-order valence-corrected chi connectivity index (χ1v) is 5.71. The van der Waals surface area contributed by atoms with Crippen molar-refractivity contribution < 1.29 is 9.84 Å². The molecule has 1 aliphatic heterocycles. The third kappa shape index (κ3) is 4.94. The van der Waals surface area contributed by atoms with Crippen LogP contribution in [0.2, 0.25) is 0 Å². The average molecular weight is 201 g/mol. The highest BCUT2D eigenvalue weighted by Gasteiger charge is 2.15. The Hall–Kier alpha value is -0.120. The van der Waals surface area contributed by atoms with Gasteiger partial charge in [0.25, 0.3) is 0 Å². The maximum Gasteiger partial charge on any atom is 0.0588 e. The fraction of sp³-hybridized carbons (Fsp3) is 1.00. The van der Waals surface area contributed by atoms with E-state index in [1.165, 1.54) is 12.8 Å². The van der Waals surface area contributed by atoms with E-state index < -0.39 is 0 Å². The molecule has 0 amide bonds. The molecule has 3 heteroatoms. The summed E-state index contributed by atoms with van der Waals surface area (Å²) >= 11 is 0. The highest BCUT2D eigenvalue weighted by atomic mass is 16.5. The summed E-state index contributed by atoms with van der Waals surface area (Å²) in [5.41, 5.74) is 0. The Bertz CT molecular complexity index is 144. The van der Waals surface area contributed by atoms with Gasteiger partial charge in [0.05, 0.1) is 12.2 Å². The van der Waals surface area contributed by atoms with Gasteiger partial charge in [0, 0.05) is 12.6 Å². The van der Waals surface area contributed by atoms with E-state index in [0.717, 1.165) is 26.0 Å². The minimum Gasteiger partial charge on any atom is -0.393 e. The Morgan fingerprint density at radius 2 is 2.29 bits per heavy atom. The van der Waals surface area contributed by atoms with E-state index in [1.807, 2.05) is 6.92 Å². The van der Waals surface area contributed by atoms with E-state index in [-0.39, 0.29) is 6.10 Å². The zero-order valence-corrected chi connectivity index (χ0v) is 9.33. The largest absolute Gasteiger partial charge is 0.393 e. The van der Waals surface area contributed by atoms with Crippen LogP contribution in [-0.4, -0.2) is 36.5 Å². The van der Waals surface area contributed by atoms with Crippen molar-refractivity contribution in [3.05, 3.63) is 0 Å². The minimum absolute atomic E-state index is 0.208. The average Bonchev–Trinajstić information content (AvgIpc) is 2.55. The maximum absolute atomic E-state index is 9.17. The Morgan fingerprint density at radius 1 is 1.50 bits per heavy atom. The smallest absolute Gasteiger partial charge is 0.0588 e. The lowest BCUT2D eigenvalue weighted by atomic mass is 10.1. The molecule has 3 nitrogen and oxygen atoms in total. The summed E-state index contributed by atoms with van der Waals surface area (Å²) in [5.74, 6) is 0. The lowest BCUT2D eigenvalue weighted by molar-refractivity contribution is 0.102. The van der Waals surface area contributed by atoms with Crippen LogP contribution in [0, 0.1) is 0 Å². The van der Waals surface area contributed by atoms with Crippen LogP contribution in [0.3, 0.4) is 0 Å². The van der Waals surface area contributed by atoms with Crippen molar-refractivity contribution in [2.45, 2.75) is 57.8 Å². The van der Waals surface area contributed by atoms with Gasteiger partial charge in [-0.2, -0.15) is 0 Å². The van der Waals surface area contributed by atoms with Crippen molar-refractivity contribution in [2.75, 3.05) is 13.2 Å². The van der Waals surface area contributed by atoms with Gasteiger partial charge in [0.1, 0.15) is 0 Å². The minimum atomic E-state index is -0.208. The van der Waals surface area contributed by atoms with Crippen molar-refractivity contribution >= 4 is 0 Å². The molecule has 1 rings (SSSR count). The molecular weight excluding hydrogens is 178 g/mol. The number of hydrogen-bond acceptors (Lipinski definition) is 3. The normalized spacial score (nSPS) is 26.4. The van der Waals surface area contributed by atoms with Gasteiger partial charge in [-0.15, -0.1) is 0 Å². The monoisotopic (exact) mass is 201 g/mol. The molecule has 84 valence electrons. The summed E-state index contributed by atoms with van der Waals surface area (Å²) in [6, 6.07) is 0.399. The molecule has 0 aromatic carbocycles. The topological polar surface area (TPSA) is 41.5 Å². The van der Waals surface area contributed by atoms with Crippen LogP contribution in [-0.2, 0) is 4.74 Å². The predicted molar refractivity (Wildman–Crippen MR) is 57.4 cm³/mol. The molecule has 1 saturated heterocycles. The SMILES string of the molecule is CC(O)CC(C)NCCC1CCCO1. The van der Waals surface area contributed by atoms with E-state index in [0.29, 0.717) is 12.1 Å². The predicted octanol–water partition coefficient (Wildman–Crippen LogP) is 1.30. The Balaban J connectivity index is 1.96. The highest BCUT2D eigenvalue weighted by molar-refractivity contribution is 4.69. The zero-order chi connectivity index (χ0) is 10.4. The molecule has 1 heterocycles. The summed E-state index contributed by atoms with van der Waals surface area (Å²) < 4.78 is 5.53. The molecule has 0 aromatic heterocycles. The molecule has 0 saturated carbocycles. The third-order valence-corrected chi connectivity index (χ3v) is 2.68. The Labute approximate surface area is 86.8 Å². The van der Waals surface area contributed by atoms with Crippen LogP contribution in [0.5, 0.6) is 0 Å². The van der Waals surface area contributed by atoms with E-state index in [9.17, 15) is 0 Å². The van der Waals surface area contributed by atoms with Crippen molar-refractivity contribution in [1.29, 1.82) is 0 Å². The molecule has 14 heavy (non-hydrogen) atoms. The van der Waals surface area contributed by atoms with Gasteiger partial charge in [-0.3, -0.25) is 0 Å². The van der Waals surface area contributed by atoms with Gasteiger partial charge >= 0.3 is 0 Å². The number of aliphatic hydroxyl groups excluding tert-OH is 1. The van der Waals surface area contributed by atoms with Gasteiger partial charge in [-0.05, 0) is 46.1 Å². The summed E-state index contributed by atoms with van der Waals surface area (Å²) in [6.07, 6.45) is 4.62. The van der Waals surface area contributed by atoms with Crippen LogP contribution >= 0.6 is 0 Å². The quantitative estimate of drug-likeness (QED) is 0.680. The molecule has 0 aliphatic carbocycles. The van der Waals surface area contributed by atoms with Crippen molar-refractivity contribution in [3.8, 4) is 0 Å². The molecule has 0 aromatic rings. The van der Waals surface area contributed by atoms with Gasteiger partial charge < -0.3 is 15.2 Å². The first kappa shape index (κ1) is 12.0. The lowest BCUT2D eigenvalue weighted by Gasteiger charge is -2.16. The van der Waals surface area contributed by atoms with Crippen LogP contribution in [0.4, 0.5) is 0 Å². The summed E-state index contributed by atoms with van der Waals surface area (Å²) in [4.78, 5) is 0. The second-order valence-corrected chi connectivity index (χ2v) is 4.36. The molecular formula is C11H23NO2. The number of aliphatic hydroxyl groups is 1. The fourth-order valence-electron chi connectivity index (χ4n) is 1.96. The fourth-order valence-corrected chi connectivity index (χ4v) is 1.96. The van der Waals surface area contributed by atoms with Crippen LogP contribution < -0.4 is 5.32 Å². The van der Waals surface area contributed by atoms with Gasteiger partial charge in [-0.25, -0.2) is 0 Å². The van der Waals surface area contributed by atoms with Gasteiger partial charge in [0.15, 0.2) is 0 Å². The first-order valence-electron chi connectivity index (χ1n) is 5.71. The number of ether oxygens (including phenoxy) is 1. The first-order chi connectivity index (χ1) is 6.68. The molecule has 0 bridgehead atoms.